The first-order valence-corrected chi connectivity index (χ1v) is 10.2. The van der Waals surface area contributed by atoms with Gasteiger partial charge in [0.05, 0.1) is 5.92 Å². The molecule has 4 heterocycles. The lowest BCUT2D eigenvalue weighted by Gasteiger charge is -2.40. The van der Waals surface area contributed by atoms with Gasteiger partial charge in [-0.25, -0.2) is 4.98 Å². The lowest BCUT2D eigenvalue weighted by atomic mass is 9.95. The second-order valence-electron chi connectivity index (χ2n) is 7.96. The average Bonchev–Trinajstić information content (AvgIpc) is 3.24. The van der Waals surface area contributed by atoms with Crippen LogP contribution in [-0.2, 0) is 4.79 Å². The molecule has 2 atom stereocenters. The lowest BCUT2D eigenvalue weighted by molar-refractivity contribution is -0.136. The highest BCUT2D eigenvalue weighted by molar-refractivity contribution is 5.86. The number of carbonyl (C=O) groups is 1. The summed E-state index contributed by atoms with van der Waals surface area (Å²) in [7, 11) is 0. The van der Waals surface area contributed by atoms with Gasteiger partial charge in [-0.3, -0.25) is 9.69 Å². The number of anilines is 1. The van der Waals surface area contributed by atoms with Crippen molar-refractivity contribution in [2.75, 3.05) is 63.8 Å². The molecule has 3 saturated heterocycles. The minimum Gasteiger partial charge on any atom is -0.354 e. The molecule has 2 unspecified atom stereocenters. The molecule has 29 heavy (non-hydrogen) atoms. The summed E-state index contributed by atoms with van der Waals surface area (Å²) < 4.78 is 0. The lowest BCUT2D eigenvalue weighted by Crippen LogP contribution is -2.51. The molecule has 3 fully saturated rings. The van der Waals surface area contributed by atoms with E-state index in [2.05, 4.69) is 37.1 Å². The molecule has 1 amide bonds. The molecule has 0 spiro atoms. The van der Waals surface area contributed by atoms with E-state index in [1.54, 1.807) is 0 Å². The van der Waals surface area contributed by atoms with Crippen LogP contribution in [0.4, 0.5) is 5.82 Å². The van der Waals surface area contributed by atoms with E-state index in [1.807, 2.05) is 12.3 Å². The summed E-state index contributed by atoms with van der Waals surface area (Å²) in [4.78, 5) is 24.3. The molecular weight excluding hydrogens is 433 g/mol. The number of hydrogen-bond acceptors (Lipinski definition) is 5. The Hall–Kier alpha value is -0.790. The summed E-state index contributed by atoms with van der Waals surface area (Å²) in [6, 6.07) is 6.12. The number of carbonyl (C=O) groups excluding carboxylic acids is 1. The molecule has 9 heteroatoms. The minimum atomic E-state index is 0. The molecule has 1 aromatic heterocycles. The van der Waals surface area contributed by atoms with Gasteiger partial charge in [0.25, 0.3) is 0 Å². The van der Waals surface area contributed by atoms with Crippen LogP contribution in [-0.4, -0.2) is 79.6 Å². The normalized spacial score (nSPS) is 24.8. The first-order chi connectivity index (χ1) is 12.8. The van der Waals surface area contributed by atoms with Crippen LogP contribution >= 0.6 is 37.2 Å². The predicted molar refractivity (Wildman–Crippen MR) is 125 cm³/mol. The molecule has 3 aliphatic rings. The first kappa shape index (κ1) is 26.2. The SMILES string of the molecule is Cl.Cl.Cl.O=C(C1CCNC1)N1CCCC(CN2CCN(c3ccccn3)CC2)C1. The number of piperazine rings is 1. The van der Waals surface area contributed by atoms with Crippen LogP contribution in [0.15, 0.2) is 24.4 Å². The Morgan fingerprint density at radius 2 is 1.86 bits per heavy atom. The summed E-state index contributed by atoms with van der Waals surface area (Å²) in [5.41, 5.74) is 0. The predicted octanol–water partition coefficient (Wildman–Crippen LogP) is 2.32. The smallest absolute Gasteiger partial charge is 0.227 e. The molecular formula is C20H34Cl3N5O. The topological polar surface area (TPSA) is 51.7 Å². The monoisotopic (exact) mass is 465 g/mol. The Labute approximate surface area is 193 Å². The summed E-state index contributed by atoms with van der Waals surface area (Å²) in [5.74, 6) is 2.32. The van der Waals surface area contributed by atoms with Crippen LogP contribution in [0.3, 0.4) is 0 Å². The molecule has 166 valence electrons. The fourth-order valence-corrected chi connectivity index (χ4v) is 4.60. The van der Waals surface area contributed by atoms with Gasteiger partial charge in [-0.2, -0.15) is 0 Å². The number of halogens is 3. The number of piperidine rings is 1. The third-order valence-electron chi connectivity index (χ3n) is 6.10. The van der Waals surface area contributed by atoms with Crippen LogP contribution in [0.2, 0.25) is 0 Å². The third kappa shape index (κ3) is 6.86. The highest BCUT2D eigenvalue weighted by Crippen LogP contribution is 2.22. The highest BCUT2D eigenvalue weighted by atomic mass is 35.5. The Morgan fingerprint density at radius 1 is 1.07 bits per heavy atom. The number of hydrogen-bond donors (Lipinski definition) is 1. The van der Waals surface area contributed by atoms with Crippen molar-refractivity contribution >= 4 is 48.9 Å². The zero-order valence-electron chi connectivity index (χ0n) is 16.9. The van der Waals surface area contributed by atoms with Gasteiger partial charge in [0.15, 0.2) is 0 Å². The van der Waals surface area contributed by atoms with Gasteiger partial charge in [-0.1, -0.05) is 6.07 Å². The van der Waals surface area contributed by atoms with Crippen molar-refractivity contribution in [3.8, 4) is 0 Å². The van der Waals surface area contributed by atoms with E-state index in [4.69, 9.17) is 0 Å². The van der Waals surface area contributed by atoms with Gasteiger partial charge in [-0.15, -0.1) is 37.2 Å². The quantitative estimate of drug-likeness (QED) is 0.738. The van der Waals surface area contributed by atoms with Gasteiger partial charge in [0.1, 0.15) is 5.82 Å². The second-order valence-corrected chi connectivity index (χ2v) is 7.96. The van der Waals surface area contributed by atoms with Crippen molar-refractivity contribution in [1.82, 2.24) is 20.1 Å². The number of nitrogens with one attached hydrogen (secondary N) is 1. The maximum Gasteiger partial charge on any atom is 0.227 e. The van der Waals surface area contributed by atoms with E-state index in [1.165, 1.54) is 6.42 Å². The van der Waals surface area contributed by atoms with Crippen molar-refractivity contribution in [3.63, 3.8) is 0 Å². The minimum absolute atomic E-state index is 0. The van der Waals surface area contributed by atoms with Gasteiger partial charge in [-0.05, 0) is 43.9 Å². The fraction of sp³-hybridized carbons (Fsp3) is 0.700. The highest BCUT2D eigenvalue weighted by Gasteiger charge is 2.31. The second kappa shape index (κ2) is 12.8. The van der Waals surface area contributed by atoms with Crippen molar-refractivity contribution in [1.29, 1.82) is 0 Å². The number of pyridine rings is 1. The average molecular weight is 467 g/mol. The van der Waals surface area contributed by atoms with Crippen molar-refractivity contribution < 1.29 is 4.79 Å². The molecule has 3 aliphatic heterocycles. The van der Waals surface area contributed by atoms with E-state index in [-0.39, 0.29) is 43.1 Å². The molecule has 0 bridgehead atoms. The summed E-state index contributed by atoms with van der Waals surface area (Å²) in [5, 5.41) is 3.32. The summed E-state index contributed by atoms with van der Waals surface area (Å²) in [6.07, 6.45) is 5.29. The molecule has 0 aromatic carbocycles. The third-order valence-corrected chi connectivity index (χ3v) is 6.10. The van der Waals surface area contributed by atoms with Crippen molar-refractivity contribution in [2.45, 2.75) is 19.3 Å². The Balaban J connectivity index is 0.00000140. The molecule has 1 aromatic rings. The van der Waals surface area contributed by atoms with Crippen LogP contribution in [0.25, 0.3) is 0 Å². The van der Waals surface area contributed by atoms with Crippen LogP contribution in [0, 0.1) is 11.8 Å². The fourth-order valence-electron chi connectivity index (χ4n) is 4.60. The molecule has 4 rings (SSSR count). The molecule has 6 nitrogen and oxygen atoms in total. The van der Waals surface area contributed by atoms with Crippen molar-refractivity contribution in [3.05, 3.63) is 24.4 Å². The Kier molecular flexibility index (Phi) is 11.6. The van der Waals surface area contributed by atoms with E-state index in [9.17, 15) is 4.79 Å². The number of aromatic nitrogens is 1. The summed E-state index contributed by atoms with van der Waals surface area (Å²) >= 11 is 0. The largest absolute Gasteiger partial charge is 0.354 e. The zero-order valence-corrected chi connectivity index (χ0v) is 19.3. The number of amides is 1. The Bertz CT molecular complexity index is 595. The summed E-state index contributed by atoms with van der Waals surface area (Å²) in [6.45, 7) is 9.17. The van der Waals surface area contributed by atoms with E-state index in [0.717, 1.165) is 77.6 Å². The van der Waals surface area contributed by atoms with Crippen LogP contribution < -0.4 is 10.2 Å². The molecule has 0 saturated carbocycles. The Morgan fingerprint density at radius 3 is 2.52 bits per heavy atom. The number of rotatable bonds is 4. The van der Waals surface area contributed by atoms with E-state index >= 15 is 0 Å². The van der Waals surface area contributed by atoms with Crippen LogP contribution in [0.5, 0.6) is 0 Å². The standard InChI is InChI=1S/C20H31N5O.3ClH/c26-20(18-6-8-21-14-18)25-9-3-4-17(16-25)15-23-10-12-24(13-11-23)19-5-1-2-7-22-19;;;/h1-2,5,7,17-18,21H,3-4,6,8-16H2;3*1H. The van der Waals surface area contributed by atoms with E-state index in [0.29, 0.717) is 11.8 Å². The van der Waals surface area contributed by atoms with E-state index < -0.39 is 0 Å². The number of nitrogens with zero attached hydrogens (tertiary/aromatic N) is 4. The zero-order chi connectivity index (χ0) is 17.8. The van der Waals surface area contributed by atoms with Gasteiger partial charge in [0.2, 0.25) is 5.91 Å². The molecule has 0 aliphatic carbocycles. The molecule has 1 N–H and O–H groups in total. The maximum absolute atomic E-state index is 12.7. The van der Waals surface area contributed by atoms with Crippen LogP contribution in [0.1, 0.15) is 19.3 Å². The molecule has 0 radical (unpaired) electrons. The van der Waals surface area contributed by atoms with Gasteiger partial charge >= 0.3 is 0 Å². The van der Waals surface area contributed by atoms with Gasteiger partial charge < -0.3 is 15.1 Å². The maximum atomic E-state index is 12.7. The first-order valence-electron chi connectivity index (χ1n) is 10.2. The number of likely N-dealkylation sites (tertiary alicyclic amines) is 1. The van der Waals surface area contributed by atoms with Crippen molar-refractivity contribution in [2.24, 2.45) is 11.8 Å². The van der Waals surface area contributed by atoms with Gasteiger partial charge in [0, 0.05) is 58.6 Å².